The quantitative estimate of drug-likeness (QED) is 0.767. The number of rotatable bonds is 2. The molecule has 0 spiro atoms. The molecule has 2 rings (SSSR count). The molecule has 0 aromatic heterocycles. The van der Waals surface area contributed by atoms with E-state index < -0.39 is 9.05 Å². The standard InChI is InChI=1S/C10H9ClO5S/c1-15-9-5-8-6(7(12)2-3-16-8)4-10(9)17(11,13)14/h4-5H,2-3H2,1H3. The fourth-order valence-corrected chi connectivity index (χ4v) is 2.62. The number of hydrogen-bond donors (Lipinski definition) is 0. The third-order valence-corrected chi connectivity index (χ3v) is 3.76. The second kappa shape index (κ2) is 4.19. The van der Waals surface area contributed by atoms with Gasteiger partial charge in [-0.1, -0.05) is 0 Å². The van der Waals surface area contributed by atoms with Crippen molar-refractivity contribution < 1.29 is 22.7 Å². The van der Waals surface area contributed by atoms with Gasteiger partial charge in [-0.05, 0) is 6.07 Å². The van der Waals surface area contributed by atoms with Crippen molar-refractivity contribution in [2.75, 3.05) is 13.7 Å². The zero-order valence-electron chi connectivity index (χ0n) is 8.90. The van der Waals surface area contributed by atoms with Crippen LogP contribution in [0.5, 0.6) is 11.5 Å². The maximum Gasteiger partial charge on any atom is 0.265 e. The van der Waals surface area contributed by atoms with Crippen LogP contribution >= 0.6 is 10.7 Å². The Balaban J connectivity index is 2.69. The average Bonchev–Trinajstić information content (AvgIpc) is 2.26. The maximum atomic E-state index is 11.6. The van der Waals surface area contributed by atoms with Crippen molar-refractivity contribution in [3.05, 3.63) is 17.7 Å². The lowest BCUT2D eigenvalue weighted by Gasteiger charge is -2.18. The second-order valence-corrected chi connectivity index (χ2v) is 5.99. The molecule has 0 fully saturated rings. The van der Waals surface area contributed by atoms with Crippen LogP contribution in [0.15, 0.2) is 17.0 Å². The maximum absolute atomic E-state index is 11.6. The van der Waals surface area contributed by atoms with E-state index in [0.717, 1.165) is 0 Å². The van der Waals surface area contributed by atoms with Gasteiger partial charge >= 0.3 is 0 Å². The summed E-state index contributed by atoms with van der Waals surface area (Å²) < 4.78 is 32.9. The van der Waals surface area contributed by atoms with Crippen LogP contribution in [0.25, 0.3) is 0 Å². The van der Waals surface area contributed by atoms with E-state index in [0.29, 0.717) is 5.75 Å². The van der Waals surface area contributed by atoms with Gasteiger partial charge in [0.25, 0.3) is 9.05 Å². The molecule has 1 aromatic carbocycles. The Labute approximate surface area is 103 Å². The number of Topliss-reactive ketones (excluding diaryl/α,β-unsaturated/α-hetero) is 1. The monoisotopic (exact) mass is 276 g/mol. The Hall–Kier alpha value is -1.27. The Morgan fingerprint density at radius 3 is 2.71 bits per heavy atom. The van der Waals surface area contributed by atoms with Crippen molar-refractivity contribution >= 4 is 25.5 Å². The molecule has 0 amide bonds. The van der Waals surface area contributed by atoms with Crippen LogP contribution < -0.4 is 9.47 Å². The third-order valence-electron chi connectivity index (χ3n) is 2.42. The summed E-state index contributed by atoms with van der Waals surface area (Å²) in [4.78, 5) is 11.4. The summed E-state index contributed by atoms with van der Waals surface area (Å²) in [6.45, 7) is 0.280. The molecule has 0 bridgehead atoms. The summed E-state index contributed by atoms with van der Waals surface area (Å²) in [7, 11) is 2.63. The lowest BCUT2D eigenvalue weighted by Crippen LogP contribution is -2.16. The fourth-order valence-electron chi connectivity index (χ4n) is 1.62. The molecule has 0 radical (unpaired) electrons. The molecule has 0 aliphatic carbocycles. The lowest BCUT2D eigenvalue weighted by molar-refractivity contribution is 0.0933. The van der Waals surface area contributed by atoms with E-state index in [2.05, 4.69) is 0 Å². The Morgan fingerprint density at radius 2 is 2.12 bits per heavy atom. The van der Waals surface area contributed by atoms with E-state index in [4.69, 9.17) is 20.2 Å². The van der Waals surface area contributed by atoms with Crippen molar-refractivity contribution in [2.45, 2.75) is 11.3 Å². The lowest BCUT2D eigenvalue weighted by atomic mass is 10.1. The first kappa shape index (κ1) is 12.2. The third kappa shape index (κ3) is 2.23. The minimum absolute atomic E-state index is 0.0634. The molecule has 0 saturated heterocycles. The average molecular weight is 277 g/mol. The summed E-state index contributed by atoms with van der Waals surface area (Å²) in [6.07, 6.45) is 0.223. The van der Waals surface area contributed by atoms with Gasteiger partial charge in [0.2, 0.25) is 0 Å². The summed E-state index contributed by atoms with van der Waals surface area (Å²) >= 11 is 0. The summed E-state index contributed by atoms with van der Waals surface area (Å²) in [5.74, 6) is 0.214. The van der Waals surface area contributed by atoms with Crippen LogP contribution in [-0.2, 0) is 9.05 Å². The topological polar surface area (TPSA) is 69.7 Å². The molecule has 92 valence electrons. The SMILES string of the molecule is COc1cc2c(cc1S(=O)(=O)Cl)C(=O)CCO2. The van der Waals surface area contributed by atoms with Gasteiger partial charge in [-0.2, -0.15) is 0 Å². The number of methoxy groups -OCH3 is 1. The van der Waals surface area contributed by atoms with Crippen LogP contribution in [0.2, 0.25) is 0 Å². The van der Waals surface area contributed by atoms with Gasteiger partial charge in [0.15, 0.2) is 5.78 Å². The first-order valence-electron chi connectivity index (χ1n) is 4.76. The molecule has 7 heteroatoms. The molecule has 5 nitrogen and oxygen atoms in total. The van der Waals surface area contributed by atoms with Crippen molar-refractivity contribution in [3.8, 4) is 11.5 Å². The molecule has 1 aromatic rings. The molecular weight excluding hydrogens is 268 g/mol. The number of carbonyl (C=O) groups is 1. The number of hydrogen-bond acceptors (Lipinski definition) is 5. The van der Waals surface area contributed by atoms with Gasteiger partial charge in [0.1, 0.15) is 16.4 Å². The van der Waals surface area contributed by atoms with E-state index in [1.165, 1.54) is 19.2 Å². The van der Waals surface area contributed by atoms with Gasteiger partial charge in [0.05, 0.1) is 19.3 Å². The van der Waals surface area contributed by atoms with Crippen molar-refractivity contribution in [2.24, 2.45) is 0 Å². The predicted octanol–water partition coefficient (Wildman–Crippen LogP) is 1.59. The van der Waals surface area contributed by atoms with Gasteiger partial charge < -0.3 is 9.47 Å². The number of carbonyl (C=O) groups excluding carboxylic acids is 1. The molecule has 17 heavy (non-hydrogen) atoms. The zero-order chi connectivity index (χ0) is 12.6. The van der Waals surface area contributed by atoms with Crippen LogP contribution in [0.1, 0.15) is 16.8 Å². The molecule has 1 heterocycles. The highest BCUT2D eigenvalue weighted by Crippen LogP contribution is 2.36. The Morgan fingerprint density at radius 1 is 1.41 bits per heavy atom. The number of halogens is 1. The van der Waals surface area contributed by atoms with E-state index in [1.807, 2.05) is 0 Å². The molecule has 0 saturated carbocycles. The van der Waals surface area contributed by atoms with Crippen molar-refractivity contribution in [1.82, 2.24) is 0 Å². The van der Waals surface area contributed by atoms with Crippen molar-refractivity contribution in [3.63, 3.8) is 0 Å². The highest BCUT2D eigenvalue weighted by Gasteiger charge is 2.25. The predicted molar refractivity (Wildman–Crippen MR) is 60.5 cm³/mol. The molecule has 1 aliphatic heterocycles. The van der Waals surface area contributed by atoms with Crippen LogP contribution in [0.4, 0.5) is 0 Å². The van der Waals surface area contributed by atoms with E-state index >= 15 is 0 Å². The van der Waals surface area contributed by atoms with Crippen LogP contribution in [-0.4, -0.2) is 27.9 Å². The largest absolute Gasteiger partial charge is 0.495 e. The Bertz CT molecular complexity index is 579. The second-order valence-electron chi connectivity index (χ2n) is 3.46. The number of ether oxygens (including phenoxy) is 2. The minimum atomic E-state index is -3.96. The number of benzene rings is 1. The molecule has 1 aliphatic rings. The molecular formula is C10H9ClO5S. The first-order valence-corrected chi connectivity index (χ1v) is 7.07. The number of fused-ring (bicyclic) bond motifs is 1. The smallest absolute Gasteiger partial charge is 0.265 e. The fraction of sp³-hybridized carbons (Fsp3) is 0.300. The normalized spacial score (nSPS) is 15.1. The highest BCUT2D eigenvalue weighted by atomic mass is 35.7. The minimum Gasteiger partial charge on any atom is -0.495 e. The molecule has 0 unspecified atom stereocenters. The van der Waals surface area contributed by atoms with Gasteiger partial charge in [-0.3, -0.25) is 4.79 Å². The highest BCUT2D eigenvalue weighted by molar-refractivity contribution is 8.13. The van der Waals surface area contributed by atoms with Crippen LogP contribution in [0, 0.1) is 0 Å². The summed E-state index contributed by atoms with van der Waals surface area (Å²) in [5, 5.41) is 0. The van der Waals surface area contributed by atoms with Gasteiger partial charge in [-0.15, -0.1) is 0 Å². The Kier molecular flexibility index (Phi) is 3.01. The number of ketones is 1. The van der Waals surface area contributed by atoms with Crippen LogP contribution in [0.3, 0.4) is 0 Å². The van der Waals surface area contributed by atoms with E-state index in [9.17, 15) is 13.2 Å². The summed E-state index contributed by atoms with van der Waals surface area (Å²) in [6, 6.07) is 2.56. The molecule has 0 atom stereocenters. The van der Waals surface area contributed by atoms with Gasteiger partial charge in [-0.25, -0.2) is 8.42 Å². The first-order chi connectivity index (χ1) is 7.93. The summed E-state index contributed by atoms with van der Waals surface area (Å²) in [5.41, 5.74) is 0.219. The zero-order valence-corrected chi connectivity index (χ0v) is 10.5. The van der Waals surface area contributed by atoms with E-state index in [-0.39, 0.29) is 35.0 Å². The van der Waals surface area contributed by atoms with Gasteiger partial charge in [0, 0.05) is 23.2 Å². The van der Waals surface area contributed by atoms with E-state index in [1.54, 1.807) is 0 Å². The molecule has 0 N–H and O–H groups in total. The van der Waals surface area contributed by atoms with Crippen molar-refractivity contribution in [1.29, 1.82) is 0 Å².